The summed E-state index contributed by atoms with van der Waals surface area (Å²) < 4.78 is 0. The van der Waals surface area contributed by atoms with Gasteiger partial charge in [0, 0.05) is 6.04 Å². The van der Waals surface area contributed by atoms with Gasteiger partial charge in [0.05, 0.1) is 6.61 Å². The molecular formula is C12H20N2O. The Bertz CT molecular complexity index is 251. The normalized spacial score (nSPS) is 12.7. The highest BCUT2D eigenvalue weighted by Gasteiger charge is 2.06. The lowest BCUT2D eigenvalue weighted by Gasteiger charge is -2.15. The highest BCUT2D eigenvalue weighted by atomic mass is 16.3. The highest BCUT2D eigenvalue weighted by Crippen LogP contribution is 2.02. The lowest BCUT2D eigenvalue weighted by Crippen LogP contribution is -2.35. The maximum atomic E-state index is 9.19. The Hall–Kier alpha value is -0.900. The molecule has 15 heavy (non-hydrogen) atoms. The average Bonchev–Trinajstić information content (AvgIpc) is 2.29. The van der Waals surface area contributed by atoms with Crippen molar-refractivity contribution in [2.24, 2.45) is 5.73 Å². The summed E-state index contributed by atoms with van der Waals surface area (Å²) in [7, 11) is 0. The minimum atomic E-state index is 0.138. The van der Waals surface area contributed by atoms with Crippen LogP contribution >= 0.6 is 0 Å². The summed E-state index contributed by atoms with van der Waals surface area (Å²) in [6, 6.07) is 10.3. The zero-order chi connectivity index (χ0) is 10.9. The summed E-state index contributed by atoms with van der Waals surface area (Å²) in [6.07, 6.45) is 1.81. The van der Waals surface area contributed by atoms with Gasteiger partial charge in [0.15, 0.2) is 0 Å². The van der Waals surface area contributed by atoms with Gasteiger partial charge in [-0.25, -0.2) is 0 Å². The first-order chi connectivity index (χ1) is 7.36. The van der Waals surface area contributed by atoms with Crippen LogP contribution in [0, 0.1) is 0 Å². The van der Waals surface area contributed by atoms with Crippen LogP contribution in [0.3, 0.4) is 0 Å². The molecule has 0 aliphatic rings. The van der Waals surface area contributed by atoms with Gasteiger partial charge >= 0.3 is 0 Å². The number of aliphatic hydroxyl groups excluding tert-OH is 1. The molecule has 0 saturated heterocycles. The van der Waals surface area contributed by atoms with Crippen molar-refractivity contribution < 1.29 is 5.11 Å². The number of hydrogen-bond acceptors (Lipinski definition) is 3. The fourth-order valence-corrected chi connectivity index (χ4v) is 1.51. The molecule has 3 nitrogen and oxygen atoms in total. The van der Waals surface area contributed by atoms with E-state index in [-0.39, 0.29) is 12.6 Å². The van der Waals surface area contributed by atoms with Gasteiger partial charge in [0.1, 0.15) is 0 Å². The highest BCUT2D eigenvalue weighted by molar-refractivity contribution is 5.15. The lowest BCUT2D eigenvalue weighted by atomic mass is 10.1. The van der Waals surface area contributed by atoms with Crippen molar-refractivity contribution in [1.82, 2.24) is 5.32 Å². The van der Waals surface area contributed by atoms with Gasteiger partial charge in [-0.15, -0.1) is 0 Å². The standard InChI is InChI=1S/C12H20N2O/c13-7-4-8-14-12(10-15)9-11-5-2-1-3-6-11/h1-3,5-6,12,14-15H,4,7-10,13H2/t12-/m1/s1. The van der Waals surface area contributed by atoms with Gasteiger partial charge in [-0.3, -0.25) is 0 Å². The molecule has 0 radical (unpaired) electrons. The molecule has 0 amide bonds. The molecule has 0 aliphatic carbocycles. The average molecular weight is 208 g/mol. The summed E-state index contributed by atoms with van der Waals surface area (Å²) in [5.74, 6) is 0. The zero-order valence-corrected chi connectivity index (χ0v) is 9.02. The summed E-state index contributed by atoms with van der Waals surface area (Å²) in [4.78, 5) is 0. The van der Waals surface area contributed by atoms with E-state index in [1.807, 2.05) is 18.2 Å². The van der Waals surface area contributed by atoms with Gasteiger partial charge in [-0.05, 0) is 31.5 Å². The molecule has 0 aliphatic heterocycles. The SMILES string of the molecule is NCCCN[C@@H](CO)Cc1ccccc1. The van der Waals surface area contributed by atoms with Crippen LogP contribution in [0.5, 0.6) is 0 Å². The Labute approximate surface area is 91.3 Å². The molecule has 0 bridgehead atoms. The summed E-state index contributed by atoms with van der Waals surface area (Å²) >= 11 is 0. The van der Waals surface area contributed by atoms with Crippen LogP contribution in [0.15, 0.2) is 30.3 Å². The Kier molecular flexibility index (Phi) is 6.00. The maximum absolute atomic E-state index is 9.19. The van der Waals surface area contributed by atoms with Crippen molar-refractivity contribution in [3.05, 3.63) is 35.9 Å². The summed E-state index contributed by atoms with van der Waals surface area (Å²) in [5.41, 5.74) is 6.65. The van der Waals surface area contributed by atoms with Crippen LogP contribution in [0.4, 0.5) is 0 Å². The van der Waals surface area contributed by atoms with E-state index in [4.69, 9.17) is 5.73 Å². The van der Waals surface area contributed by atoms with Gasteiger partial charge in [-0.1, -0.05) is 30.3 Å². The molecule has 4 N–H and O–H groups in total. The number of benzene rings is 1. The largest absolute Gasteiger partial charge is 0.395 e. The predicted molar refractivity (Wildman–Crippen MR) is 62.7 cm³/mol. The van der Waals surface area contributed by atoms with E-state index in [1.165, 1.54) is 5.56 Å². The molecule has 0 spiro atoms. The number of nitrogens with one attached hydrogen (secondary N) is 1. The Morgan fingerprint density at radius 3 is 2.60 bits per heavy atom. The van der Waals surface area contributed by atoms with Crippen LogP contribution < -0.4 is 11.1 Å². The van der Waals surface area contributed by atoms with E-state index < -0.39 is 0 Å². The summed E-state index contributed by atoms with van der Waals surface area (Å²) in [6.45, 7) is 1.73. The lowest BCUT2D eigenvalue weighted by molar-refractivity contribution is 0.241. The van der Waals surface area contributed by atoms with Gasteiger partial charge < -0.3 is 16.2 Å². The van der Waals surface area contributed by atoms with Crippen molar-refractivity contribution in [3.8, 4) is 0 Å². The molecule has 1 aromatic carbocycles. The van der Waals surface area contributed by atoms with Gasteiger partial charge in [-0.2, -0.15) is 0 Å². The van der Waals surface area contributed by atoms with E-state index in [9.17, 15) is 5.11 Å². The second-order valence-electron chi connectivity index (χ2n) is 3.67. The first kappa shape index (κ1) is 12.2. The first-order valence-electron chi connectivity index (χ1n) is 5.45. The van der Waals surface area contributed by atoms with E-state index in [0.717, 1.165) is 19.4 Å². The fourth-order valence-electron chi connectivity index (χ4n) is 1.51. The molecule has 3 heteroatoms. The predicted octanol–water partition coefficient (Wildman–Crippen LogP) is 0.528. The molecular weight excluding hydrogens is 188 g/mol. The van der Waals surface area contributed by atoms with Crippen molar-refractivity contribution in [2.45, 2.75) is 18.9 Å². The number of rotatable bonds is 7. The van der Waals surface area contributed by atoms with E-state index >= 15 is 0 Å². The van der Waals surface area contributed by atoms with Crippen LogP contribution in [0.2, 0.25) is 0 Å². The molecule has 1 atom stereocenters. The minimum Gasteiger partial charge on any atom is -0.395 e. The van der Waals surface area contributed by atoms with E-state index in [0.29, 0.717) is 6.54 Å². The van der Waals surface area contributed by atoms with Crippen molar-refractivity contribution in [3.63, 3.8) is 0 Å². The molecule has 0 heterocycles. The molecule has 84 valence electrons. The smallest absolute Gasteiger partial charge is 0.0587 e. The van der Waals surface area contributed by atoms with Crippen LogP contribution in [0.25, 0.3) is 0 Å². The second kappa shape index (κ2) is 7.40. The molecule has 0 aromatic heterocycles. The van der Waals surface area contributed by atoms with Crippen molar-refractivity contribution in [2.75, 3.05) is 19.7 Å². The zero-order valence-electron chi connectivity index (χ0n) is 9.02. The molecule has 0 fully saturated rings. The maximum Gasteiger partial charge on any atom is 0.0587 e. The summed E-state index contributed by atoms with van der Waals surface area (Å²) in [5, 5.41) is 12.5. The third-order valence-electron chi connectivity index (χ3n) is 2.36. The van der Waals surface area contributed by atoms with Crippen molar-refractivity contribution in [1.29, 1.82) is 0 Å². The van der Waals surface area contributed by atoms with Crippen LogP contribution in [-0.4, -0.2) is 30.8 Å². The quantitative estimate of drug-likeness (QED) is 0.573. The third kappa shape index (κ3) is 4.93. The third-order valence-corrected chi connectivity index (χ3v) is 2.36. The number of hydrogen-bond donors (Lipinski definition) is 3. The minimum absolute atomic E-state index is 0.138. The molecule has 0 unspecified atom stereocenters. The van der Waals surface area contributed by atoms with Gasteiger partial charge in [0.2, 0.25) is 0 Å². The second-order valence-corrected chi connectivity index (χ2v) is 3.67. The van der Waals surface area contributed by atoms with Crippen LogP contribution in [0.1, 0.15) is 12.0 Å². The van der Waals surface area contributed by atoms with E-state index in [1.54, 1.807) is 0 Å². The molecule has 1 aromatic rings. The van der Waals surface area contributed by atoms with Crippen LogP contribution in [-0.2, 0) is 6.42 Å². The Morgan fingerprint density at radius 2 is 2.00 bits per heavy atom. The topological polar surface area (TPSA) is 58.3 Å². The monoisotopic (exact) mass is 208 g/mol. The number of nitrogens with two attached hydrogens (primary N) is 1. The first-order valence-corrected chi connectivity index (χ1v) is 5.45. The Morgan fingerprint density at radius 1 is 1.27 bits per heavy atom. The van der Waals surface area contributed by atoms with Crippen molar-refractivity contribution >= 4 is 0 Å². The van der Waals surface area contributed by atoms with Gasteiger partial charge in [0.25, 0.3) is 0 Å². The number of aliphatic hydroxyl groups is 1. The Balaban J connectivity index is 2.33. The van der Waals surface area contributed by atoms with E-state index in [2.05, 4.69) is 17.4 Å². The molecule has 1 rings (SSSR count). The fraction of sp³-hybridized carbons (Fsp3) is 0.500. The molecule has 0 saturated carbocycles.